The maximum absolute atomic E-state index is 9.97. The van der Waals surface area contributed by atoms with Crippen molar-refractivity contribution in [2.75, 3.05) is 27.2 Å². The zero-order chi connectivity index (χ0) is 17.7. The van der Waals surface area contributed by atoms with Gasteiger partial charge in [0, 0.05) is 37.3 Å². The highest BCUT2D eigenvalue weighted by atomic mass is 35.5. The minimum atomic E-state index is 0.142. The van der Waals surface area contributed by atoms with Crippen molar-refractivity contribution in [1.29, 1.82) is 0 Å². The molecule has 0 saturated heterocycles. The molecule has 0 heterocycles. The molecule has 2 N–H and O–H groups in total. The second-order valence-electron chi connectivity index (χ2n) is 5.97. The van der Waals surface area contributed by atoms with E-state index in [2.05, 4.69) is 9.80 Å². The van der Waals surface area contributed by atoms with E-state index in [4.69, 9.17) is 23.2 Å². The summed E-state index contributed by atoms with van der Waals surface area (Å²) in [6.07, 6.45) is 0. The molecule has 2 aromatic carbocycles. The van der Waals surface area contributed by atoms with Gasteiger partial charge in [-0.15, -0.1) is 0 Å². The summed E-state index contributed by atoms with van der Waals surface area (Å²) in [6, 6.07) is 10.7. The minimum absolute atomic E-state index is 0.142. The number of rotatable bonds is 7. The third-order valence-electron chi connectivity index (χ3n) is 3.88. The van der Waals surface area contributed by atoms with Crippen LogP contribution in [0.1, 0.15) is 11.1 Å². The molecule has 0 spiro atoms. The Balaban J connectivity index is 1.86. The van der Waals surface area contributed by atoms with E-state index in [0.717, 1.165) is 24.2 Å². The Hall–Kier alpha value is -1.46. The van der Waals surface area contributed by atoms with Crippen LogP contribution in [-0.2, 0) is 13.1 Å². The highest BCUT2D eigenvalue weighted by Gasteiger charge is 2.11. The normalized spacial score (nSPS) is 11.4. The minimum Gasteiger partial charge on any atom is -0.506 e. The molecule has 0 aliphatic heterocycles. The Morgan fingerprint density at radius 2 is 1.12 bits per heavy atom. The molecule has 6 heteroatoms. The zero-order valence-corrected chi connectivity index (χ0v) is 15.3. The van der Waals surface area contributed by atoms with Crippen molar-refractivity contribution in [2.24, 2.45) is 0 Å². The Morgan fingerprint density at radius 1 is 0.750 bits per heavy atom. The van der Waals surface area contributed by atoms with Gasteiger partial charge in [0.2, 0.25) is 0 Å². The van der Waals surface area contributed by atoms with Gasteiger partial charge in [-0.3, -0.25) is 0 Å². The standard InChI is InChI=1S/C18H22Cl2N2O2/c1-21(11-13-5-3-7-15(19)17(13)23)9-10-22(2)12-14-6-4-8-16(20)18(14)24/h3-8,23-24H,9-12H2,1-2H3. The van der Waals surface area contributed by atoms with Crippen molar-refractivity contribution >= 4 is 23.2 Å². The monoisotopic (exact) mass is 368 g/mol. The SMILES string of the molecule is CN(CCN(C)Cc1cccc(Cl)c1O)Cc1cccc(Cl)c1O. The van der Waals surface area contributed by atoms with Crippen LogP contribution in [0.25, 0.3) is 0 Å². The molecule has 130 valence electrons. The van der Waals surface area contributed by atoms with Gasteiger partial charge >= 0.3 is 0 Å². The summed E-state index contributed by atoms with van der Waals surface area (Å²) >= 11 is 11.9. The molecular formula is C18H22Cl2N2O2. The predicted octanol–water partition coefficient (Wildman–Crippen LogP) is 3.97. The van der Waals surface area contributed by atoms with Gasteiger partial charge < -0.3 is 20.0 Å². The quantitative estimate of drug-likeness (QED) is 0.776. The fourth-order valence-electron chi connectivity index (χ4n) is 2.46. The van der Waals surface area contributed by atoms with Gasteiger partial charge in [0.15, 0.2) is 0 Å². The first-order chi connectivity index (χ1) is 11.4. The maximum Gasteiger partial charge on any atom is 0.138 e. The average molecular weight is 369 g/mol. The fraction of sp³-hybridized carbons (Fsp3) is 0.333. The van der Waals surface area contributed by atoms with E-state index in [9.17, 15) is 10.2 Å². The number of phenols is 2. The molecule has 0 atom stereocenters. The number of phenolic OH excluding ortho intramolecular Hbond substituents is 2. The molecule has 0 aliphatic carbocycles. The van der Waals surface area contributed by atoms with Crippen LogP contribution in [0, 0.1) is 0 Å². The van der Waals surface area contributed by atoms with Gasteiger partial charge in [-0.05, 0) is 26.2 Å². The van der Waals surface area contributed by atoms with E-state index >= 15 is 0 Å². The molecule has 0 aliphatic rings. The van der Waals surface area contributed by atoms with Crippen LogP contribution in [0.3, 0.4) is 0 Å². The largest absolute Gasteiger partial charge is 0.506 e. The summed E-state index contributed by atoms with van der Waals surface area (Å²) in [5.41, 5.74) is 1.61. The van der Waals surface area contributed by atoms with Crippen LogP contribution >= 0.6 is 23.2 Å². The first kappa shape index (κ1) is 18.9. The summed E-state index contributed by atoms with van der Waals surface area (Å²) < 4.78 is 0. The van der Waals surface area contributed by atoms with Gasteiger partial charge in [-0.1, -0.05) is 47.5 Å². The molecule has 0 aromatic heterocycles. The van der Waals surface area contributed by atoms with Crippen LogP contribution in [0.15, 0.2) is 36.4 Å². The number of hydrogen-bond donors (Lipinski definition) is 2. The van der Waals surface area contributed by atoms with Crippen LogP contribution in [0.4, 0.5) is 0 Å². The number of hydrogen-bond acceptors (Lipinski definition) is 4. The van der Waals surface area contributed by atoms with Crippen LogP contribution in [0.5, 0.6) is 11.5 Å². The van der Waals surface area contributed by atoms with Crippen LogP contribution < -0.4 is 0 Å². The van der Waals surface area contributed by atoms with Crippen LogP contribution in [-0.4, -0.2) is 47.2 Å². The Kier molecular flexibility index (Phi) is 6.75. The lowest BCUT2D eigenvalue weighted by molar-refractivity contribution is 0.243. The second kappa shape index (κ2) is 8.58. The molecular weight excluding hydrogens is 347 g/mol. The van der Waals surface area contributed by atoms with Gasteiger partial charge in [0.25, 0.3) is 0 Å². The van der Waals surface area contributed by atoms with Crippen molar-refractivity contribution < 1.29 is 10.2 Å². The summed E-state index contributed by atoms with van der Waals surface area (Å²) in [4.78, 5) is 4.22. The molecule has 0 radical (unpaired) electrons. The van der Waals surface area contributed by atoms with Gasteiger partial charge in [0.05, 0.1) is 10.0 Å². The molecule has 0 saturated carbocycles. The Bertz CT molecular complexity index is 635. The number of likely N-dealkylation sites (N-methyl/N-ethyl adjacent to an activating group) is 2. The molecule has 0 amide bonds. The lowest BCUT2D eigenvalue weighted by Gasteiger charge is -2.23. The maximum atomic E-state index is 9.97. The lowest BCUT2D eigenvalue weighted by atomic mass is 10.2. The van der Waals surface area contributed by atoms with Crippen molar-refractivity contribution in [2.45, 2.75) is 13.1 Å². The number of benzene rings is 2. The van der Waals surface area contributed by atoms with E-state index in [1.54, 1.807) is 12.1 Å². The summed E-state index contributed by atoms with van der Waals surface area (Å²) in [6.45, 7) is 2.85. The molecule has 24 heavy (non-hydrogen) atoms. The van der Waals surface area contributed by atoms with E-state index < -0.39 is 0 Å². The third kappa shape index (κ3) is 5.02. The van der Waals surface area contributed by atoms with Crippen molar-refractivity contribution in [3.63, 3.8) is 0 Å². The first-order valence-corrected chi connectivity index (χ1v) is 8.44. The number of aromatic hydroxyl groups is 2. The van der Waals surface area contributed by atoms with E-state index in [-0.39, 0.29) is 11.5 Å². The lowest BCUT2D eigenvalue weighted by Crippen LogP contribution is -2.30. The number of halogens is 2. The van der Waals surface area contributed by atoms with Gasteiger partial charge in [-0.25, -0.2) is 0 Å². The summed E-state index contributed by atoms with van der Waals surface area (Å²) in [7, 11) is 3.98. The van der Waals surface area contributed by atoms with Gasteiger partial charge in [0.1, 0.15) is 11.5 Å². The summed E-state index contributed by atoms with van der Waals surface area (Å²) in [5.74, 6) is 0.284. The fourth-order valence-corrected chi connectivity index (χ4v) is 2.84. The van der Waals surface area contributed by atoms with Crippen molar-refractivity contribution in [1.82, 2.24) is 9.80 Å². The van der Waals surface area contributed by atoms with Crippen molar-refractivity contribution in [3.8, 4) is 11.5 Å². The highest BCUT2D eigenvalue weighted by molar-refractivity contribution is 6.32. The average Bonchev–Trinajstić information content (AvgIpc) is 2.54. The highest BCUT2D eigenvalue weighted by Crippen LogP contribution is 2.28. The Morgan fingerprint density at radius 3 is 1.50 bits per heavy atom. The predicted molar refractivity (Wildman–Crippen MR) is 98.9 cm³/mol. The molecule has 0 unspecified atom stereocenters. The molecule has 2 rings (SSSR count). The van der Waals surface area contributed by atoms with Crippen LogP contribution in [0.2, 0.25) is 10.0 Å². The zero-order valence-electron chi connectivity index (χ0n) is 13.8. The molecule has 0 bridgehead atoms. The molecule has 2 aromatic rings. The van der Waals surface area contributed by atoms with E-state index in [1.165, 1.54) is 0 Å². The third-order valence-corrected chi connectivity index (χ3v) is 4.49. The van der Waals surface area contributed by atoms with E-state index in [1.807, 2.05) is 38.4 Å². The Labute approximate surface area is 152 Å². The molecule has 0 fully saturated rings. The first-order valence-electron chi connectivity index (χ1n) is 7.68. The summed E-state index contributed by atoms with van der Waals surface area (Å²) in [5, 5.41) is 20.7. The van der Waals surface area contributed by atoms with Gasteiger partial charge in [-0.2, -0.15) is 0 Å². The van der Waals surface area contributed by atoms with Crippen molar-refractivity contribution in [3.05, 3.63) is 57.6 Å². The number of nitrogens with zero attached hydrogens (tertiary/aromatic N) is 2. The smallest absolute Gasteiger partial charge is 0.138 e. The second-order valence-corrected chi connectivity index (χ2v) is 6.79. The topological polar surface area (TPSA) is 46.9 Å². The molecule has 4 nitrogen and oxygen atoms in total. The number of para-hydroxylation sites is 2. The van der Waals surface area contributed by atoms with E-state index in [0.29, 0.717) is 23.1 Å².